The van der Waals surface area contributed by atoms with Crippen LogP contribution in [0.3, 0.4) is 0 Å². The lowest BCUT2D eigenvalue weighted by molar-refractivity contribution is -0.144. The van der Waals surface area contributed by atoms with Crippen LogP contribution in [0.2, 0.25) is 0 Å². The van der Waals surface area contributed by atoms with Gasteiger partial charge in [0.05, 0.1) is 5.56 Å². The van der Waals surface area contributed by atoms with Crippen LogP contribution < -0.4 is 4.74 Å². The summed E-state index contributed by atoms with van der Waals surface area (Å²) in [6.07, 6.45) is -3.61. The molecule has 0 aliphatic rings. The smallest absolute Gasteiger partial charge is 0.417 e. The Balaban J connectivity index is 1.94. The zero-order chi connectivity index (χ0) is 18.7. The molecule has 3 aromatic rings. The van der Waals surface area contributed by atoms with Gasteiger partial charge in [0.25, 0.3) is 0 Å². The summed E-state index contributed by atoms with van der Waals surface area (Å²) in [7, 11) is 0. The van der Waals surface area contributed by atoms with Crippen molar-refractivity contribution in [3.05, 3.63) is 66.7 Å². The van der Waals surface area contributed by atoms with Crippen LogP contribution in [0.1, 0.15) is 5.56 Å². The number of alkyl halides is 3. The van der Waals surface area contributed by atoms with Crippen molar-refractivity contribution >= 4 is 27.4 Å². The molecule has 0 saturated heterocycles. The third-order valence-electron chi connectivity index (χ3n) is 3.58. The van der Waals surface area contributed by atoms with E-state index < -0.39 is 24.5 Å². The number of thiophene rings is 1. The molecule has 26 heavy (non-hydrogen) atoms. The van der Waals surface area contributed by atoms with E-state index in [1.165, 1.54) is 23.5 Å². The van der Waals surface area contributed by atoms with Crippen molar-refractivity contribution in [3.8, 4) is 16.2 Å². The van der Waals surface area contributed by atoms with E-state index in [0.717, 1.165) is 22.2 Å². The zero-order valence-corrected chi connectivity index (χ0v) is 14.2. The van der Waals surface area contributed by atoms with E-state index in [1.807, 2.05) is 24.3 Å². The molecule has 3 nitrogen and oxygen atoms in total. The molecule has 0 spiro atoms. The Morgan fingerprint density at radius 2 is 1.92 bits per heavy atom. The molecule has 0 N–H and O–H groups in total. The quantitative estimate of drug-likeness (QED) is 0.327. The van der Waals surface area contributed by atoms with Crippen LogP contribution in [-0.4, -0.2) is 12.8 Å². The number of ether oxygens (including phenoxy) is 2. The summed E-state index contributed by atoms with van der Waals surface area (Å²) >= 11 is 1.29. The van der Waals surface area contributed by atoms with Gasteiger partial charge >= 0.3 is 12.1 Å². The second-order valence-electron chi connectivity index (χ2n) is 5.28. The number of rotatable bonds is 5. The van der Waals surface area contributed by atoms with Gasteiger partial charge in [-0.15, -0.1) is 11.3 Å². The Labute approximate surface area is 151 Å². The number of hydrogen-bond donors (Lipinski definition) is 0. The van der Waals surface area contributed by atoms with Crippen molar-refractivity contribution < 1.29 is 27.4 Å². The van der Waals surface area contributed by atoms with Gasteiger partial charge in [-0.3, -0.25) is 0 Å². The van der Waals surface area contributed by atoms with Crippen molar-refractivity contribution in [3.63, 3.8) is 0 Å². The number of fused-ring (bicyclic) bond motifs is 1. The van der Waals surface area contributed by atoms with Crippen molar-refractivity contribution in [2.45, 2.75) is 6.18 Å². The maximum atomic E-state index is 13.5. The van der Waals surface area contributed by atoms with Crippen LogP contribution >= 0.6 is 11.3 Å². The fraction of sp³-hybridized carbons (Fsp3) is 0.105. The minimum Gasteiger partial charge on any atom is -0.457 e. The van der Waals surface area contributed by atoms with Gasteiger partial charge in [0.1, 0.15) is 5.75 Å². The van der Waals surface area contributed by atoms with Gasteiger partial charge in [-0.1, -0.05) is 24.8 Å². The number of carbonyl (C=O) groups is 1. The lowest BCUT2D eigenvalue weighted by atomic mass is 10.0. The first-order chi connectivity index (χ1) is 12.4. The summed E-state index contributed by atoms with van der Waals surface area (Å²) < 4.78 is 51.2. The first-order valence-electron chi connectivity index (χ1n) is 7.50. The highest BCUT2D eigenvalue weighted by Crippen LogP contribution is 2.42. The first kappa shape index (κ1) is 18.0. The number of halogens is 3. The molecular weight excluding hydrogens is 365 g/mol. The number of hydrogen-bond acceptors (Lipinski definition) is 4. The minimum absolute atomic E-state index is 0.0425. The van der Waals surface area contributed by atoms with Gasteiger partial charge in [0.15, 0.2) is 0 Å². The molecule has 0 saturated carbocycles. The van der Waals surface area contributed by atoms with E-state index in [1.54, 1.807) is 6.07 Å². The Hall–Kier alpha value is -2.80. The van der Waals surface area contributed by atoms with Gasteiger partial charge < -0.3 is 9.47 Å². The molecule has 134 valence electrons. The molecule has 1 aromatic heterocycles. The van der Waals surface area contributed by atoms with Gasteiger partial charge in [0.2, 0.25) is 6.79 Å². The highest BCUT2D eigenvalue weighted by molar-refractivity contribution is 7.22. The lowest BCUT2D eigenvalue weighted by Crippen LogP contribution is -2.10. The Morgan fingerprint density at radius 3 is 2.62 bits per heavy atom. The molecule has 0 radical (unpaired) electrons. The molecule has 0 atom stereocenters. The molecule has 0 aliphatic carbocycles. The van der Waals surface area contributed by atoms with Crippen molar-refractivity contribution in [2.75, 3.05) is 6.79 Å². The Kier molecular flexibility index (Phi) is 4.99. The molecule has 2 aromatic carbocycles. The standard InChI is InChI=1S/C19H13F3O3S/c1-2-18(23)25-11-24-13-7-8-14(15(10-13)19(20,21)22)17-9-12-5-3-4-6-16(12)26-17/h2-10H,1,11H2. The highest BCUT2D eigenvalue weighted by Gasteiger charge is 2.34. The average molecular weight is 378 g/mol. The molecule has 1 heterocycles. The maximum absolute atomic E-state index is 13.5. The predicted molar refractivity (Wildman–Crippen MR) is 94.0 cm³/mol. The third-order valence-corrected chi connectivity index (χ3v) is 4.73. The molecule has 0 bridgehead atoms. The maximum Gasteiger partial charge on any atom is 0.417 e. The number of esters is 1. The van der Waals surface area contributed by atoms with Gasteiger partial charge in [-0.2, -0.15) is 13.2 Å². The zero-order valence-electron chi connectivity index (χ0n) is 13.4. The Bertz CT molecular complexity index is 927. The summed E-state index contributed by atoms with van der Waals surface area (Å²) in [5.74, 6) is -0.762. The van der Waals surface area contributed by atoms with Gasteiger partial charge in [-0.25, -0.2) is 4.79 Å². The third kappa shape index (κ3) is 3.88. The second kappa shape index (κ2) is 7.21. The predicted octanol–water partition coefficient (Wildman–Crippen LogP) is 5.65. The van der Waals surface area contributed by atoms with Crippen LogP contribution in [0.4, 0.5) is 13.2 Å². The van der Waals surface area contributed by atoms with E-state index in [9.17, 15) is 18.0 Å². The summed E-state index contributed by atoms with van der Waals surface area (Å²) in [6.45, 7) is 2.72. The van der Waals surface area contributed by atoms with Crippen LogP contribution in [0.25, 0.3) is 20.5 Å². The number of carbonyl (C=O) groups excluding carboxylic acids is 1. The molecule has 3 rings (SSSR count). The van der Waals surface area contributed by atoms with E-state index in [4.69, 9.17) is 4.74 Å². The number of benzene rings is 2. The molecule has 0 aliphatic heterocycles. The van der Waals surface area contributed by atoms with Crippen molar-refractivity contribution in [1.29, 1.82) is 0 Å². The molecule has 0 unspecified atom stereocenters. The van der Waals surface area contributed by atoms with Crippen LogP contribution in [0, 0.1) is 0 Å². The first-order valence-corrected chi connectivity index (χ1v) is 8.32. The van der Waals surface area contributed by atoms with E-state index in [2.05, 4.69) is 11.3 Å². The summed E-state index contributed by atoms with van der Waals surface area (Å²) in [5.41, 5.74) is -0.731. The van der Waals surface area contributed by atoms with Gasteiger partial charge in [0, 0.05) is 21.2 Å². The molecular formula is C19H13F3O3S. The van der Waals surface area contributed by atoms with Gasteiger partial charge in [-0.05, 0) is 35.7 Å². The summed E-state index contributed by atoms with van der Waals surface area (Å²) in [5, 5.41) is 0.886. The summed E-state index contributed by atoms with van der Waals surface area (Å²) in [4.78, 5) is 11.5. The fourth-order valence-electron chi connectivity index (χ4n) is 2.39. The van der Waals surface area contributed by atoms with E-state index in [-0.39, 0.29) is 11.3 Å². The topological polar surface area (TPSA) is 35.5 Å². The van der Waals surface area contributed by atoms with Crippen LogP contribution in [0.15, 0.2) is 61.2 Å². The SMILES string of the molecule is C=CC(=O)OCOc1ccc(-c2cc3ccccc3s2)c(C(F)(F)F)c1. The van der Waals surface area contributed by atoms with Crippen molar-refractivity contribution in [2.24, 2.45) is 0 Å². The van der Waals surface area contributed by atoms with Crippen molar-refractivity contribution in [1.82, 2.24) is 0 Å². The lowest BCUT2D eigenvalue weighted by Gasteiger charge is -2.14. The Morgan fingerprint density at radius 1 is 1.15 bits per heavy atom. The second-order valence-corrected chi connectivity index (χ2v) is 6.37. The average Bonchev–Trinajstić information content (AvgIpc) is 3.04. The minimum atomic E-state index is -4.55. The molecule has 0 amide bonds. The fourth-order valence-corrected chi connectivity index (χ4v) is 3.49. The van der Waals surface area contributed by atoms with E-state index in [0.29, 0.717) is 4.88 Å². The van der Waals surface area contributed by atoms with Crippen LogP contribution in [-0.2, 0) is 15.7 Å². The van der Waals surface area contributed by atoms with E-state index >= 15 is 0 Å². The normalized spacial score (nSPS) is 11.3. The van der Waals surface area contributed by atoms with Crippen LogP contribution in [0.5, 0.6) is 5.75 Å². The highest BCUT2D eigenvalue weighted by atomic mass is 32.1. The largest absolute Gasteiger partial charge is 0.457 e. The summed E-state index contributed by atoms with van der Waals surface area (Å²) in [6, 6.07) is 12.8. The monoisotopic (exact) mass is 378 g/mol. The molecule has 0 fully saturated rings. The molecule has 7 heteroatoms.